The van der Waals surface area contributed by atoms with Gasteiger partial charge in [0.15, 0.2) is 9.84 Å². The van der Waals surface area contributed by atoms with Crippen molar-refractivity contribution in [1.82, 2.24) is 9.88 Å². The Morgan fingerprint density at radius 2 is 1.96 bits per heavy atom. The topological polar surface area (TPSA) is 79.4 Å². The van der Waals surface area contributed by atoms with Crippen LogP contribution in [0.3, 0.4) is 0 Å². The molecule has 0 saturated carbocycles. The number of nitrogens with one attached hydrogen (secondary N) is 1. The molecule has 1 N–H and O–H groups in total. The summed E-state index contributed by atoms with van der Waals surface area (Å²) in [6, 6.07) is 14.6. The van der Waals surface area contributed by atoms with Gasteiger partial charge in [-0.1, -0.05) is 24.3 Å². The van der Waals surface area contributed by atoms with Gasteiger partial charge in [0.1, 0.15) is 5.01 Å². The third kappa shape index (κ3) is 3.94. The quantitative estimate of drug-likeness (QED) is 0.690. The average Bonchev–Trinajstić information content (AvgIpc) is 3.27. The molecule has 28 heavy (non-hydrogen) atoms. The molecule has 2 aromatic carbocycles. The molecule has 0 spiro atoms. The van der Waals surface area contributed by atoms with Crippen molar-refractivity contribution >= 4 is 43.0 Å². The van der Waals surface area contributed by atoms with Gasteiger partial charge < -0.3 is 5.32 Å². The van der Waals surface area contributed by atoms with Crippen LogP contribution in [0.25, 0.3) is 10.2 Å². The number of hydrogen-bond donors (Lipinski definition) is 1. The highest BCUT2D eigenvalue weighted by molar-refractivity contribution is 7.90. The summed E-state index contributed by atoms with van der Waals surface area (Å²) in [5.41, 5.74) is 1.31. The minimum Gasteiger partial charge on any atom is -0.324 e. The van der Waals surface area contributed by atoms with Crippen LogP contribution in [0, 0.1) is 0 Å². The van der Waals surface area contributed by atoms with Crippen LogP contribution < -0.4 is 5.32 Å². The molecule has 1 saturated heterocycles. The number of likely N-dealkylation sites (tertiary alicyclic amines) is 1. The average molecular weight is 416 g/mol. The summed E-state index contributed by atoms with van der Waals surface area (Å²) >= 11 is 1.67. The molecular weight excluding hydrogens is 394 g/mol. The van der Waals surface area contributed by atoms with Crippen LogP contribution in [0.15, 0.2) is 53.4 Å². The van der Waals surface area contributed by atoms with Gasteiger partial charge in [0, 0.05) is 6.26 Å². The van der Waals surface area contributed by atoms with Crippen molar-refractivity contribution in [1.29, 1.82) is 0 Å². The molecule has 6 nitrogen and oxygen atoms in total. The van der Waals surface area contributed by atoms with E-state index in [1.165, 1.54) is 6.07 Å². The number of carbonyl (C=O) groups excluding carboxylic acids is 1. The van der Waals surface area contributed by atoms with Gasteiger partial charge in [-0.05, 0) is 43.7 Å². The van der Waals surface area contributed by atoms with Crippen LogP contribution in [0.4, 0.5) is 5.69 Å². The minimum absolute atomic E-state index is 0.119. The van der Waals surface area contributed by atoms with E-state index in [1.54, 1.807) is 29.5 Å². The number of anilines is 1. The molecule has 2 heterocycles. The Morgan fingerprint density at radius 3 is 2.75 bits per heavy atom. The number of nitrogens with zero attached hydrogens (tertiary/aromatic N) is 2. The van der Waals surface area contributed by atoms with E-state index in [0.29, 0.717) is 5.69 Å². The normalized spacial score (nSPS) is 17.8. The van der Waals surface area contributed by atoms with E-state index < -0.39 is 9.84 Å². The molecule has 0 bridgehead atoms. The molecule has 146 valence electrons. The Hall–Kier alpha value is -2.29. The first-order valence-electron chi connectivity index (χ1n) is 9.10. The van der Waals surface area contributed by atoms with Gasteiger partial charge in [-0.15, -0.1) is 11.3 Å². The molecule has 1 aliphatic heterocycles. The second-order valence-electron chi connectivity index (χ2n) is 6.96. The summed E-state index contributed by atoms with van der Waals surface area (Å²) in [5.74, 6) is -0.218. The van der Waals surface area contributed by atoms with Gasteiger partial charge in [0.25, 0.3) is 0 Å². The van der Waals surface area contributed by atoms with Gasteiger partial charge in [-0.2, -0.15) is 0 Å². The first-order chi connectivity index (χ1) is 13.4. The van der Waals surface area contributed by atoms with E-state index in [-0.39, 0.29) is 23.4 Å². The van der Waals surface area contributed by atoms with E-state index in [2.05, 4.69) is 16.3 Å². The van der Waals surface area contributed by atoms with Crippen molar-refractivity contribution in [3.8, 4) is 0 Å². The van der Waals surface area contributed by atoms with E-state index >= 15 is 0 Å². The predicted molar refractivity (Wildman–Crippen MR) is 111 cm³/mol. The van der Waals surface area contributed by atoms with Crippen LogP contribution in [-0.4, -0.2) is 43.6 Å². The minimum atomic E-state index is -3.41. The van der Waals surface area contributed by atoms with Crippen molar-refractivity contribution < 1.29 is 13.2 Å². The molecular formula is C20H21N3O3S2. The maximum absolute atomic E-state index is 12.6. The van der Waals surface area contributed by atoms with Crippen molar-refractivity contribution in [3.05, 3.63) is 53.5 Å². The monoisotopic (exact) mass is 415 g/mol. The Balaban J connectivity index is 1.50. The molecule has 1 atom stereocenters. The number of benzene rings is 2. The molecule has 1 aliphatic rings. The third-order valence-corrected chi connectivity index (χ3v) is 7.16. The molecule has 1 amide bonds. The Morgan fingerprint density at radius 1 is 1.21 bits per heavy atom. The van der Waals surface area contributed by atoms with E-state index in [4.69, 9.17) is 4.98 Å². The lowest BCUT2D eigenvalue weighted by atomic mass is 10.2. The van der Waals surface area contributed by atoms with Crippen molar-refractivity contribution in [2.45, 2.75) is 23.8 Å². The van der Waals surface area contributed by atoms with Crippen molar-refractivity contribution in [2.24, 2.45) is 0 Å². The number of carbonyl (C=O) groups is 1. The number of fused-ring (bicyclic) bond motifs is 1. The summed E-state index contributed by atoms with van der Waals surface area (Å²) in [4.78, 5) is 19.6. The molecule has 3 aromatic rings. The third-order valence-electron chi connectivity index (χ3n) is 4.87. The Bertz CT molecular complexity index is 1090. The van der Waals surface area contributed by atoms with Crippen LogP contribution in [0.5, 0.6) is 0 Å². The summed E-state index contributed by atoms with van der Waals surface area (Å²) in [6.07, 6.45) is 3.11. The van der Waals surface area contributed by atoms with E-state index in [0.717, 1.165) is 40.9 Å². The Labute approximate surface area is 168 Å². The highest BCUT2D eigenvalue weighted by atomic mass is 32.2. The molecule has 4 rings (SSSR count). The number of amides is 1. The number of rotatable bonds is 5. The molecule has 1 aromatic heterocycles. The zero-order valence-corrected chi connectivity index (χ0v) is 17.1. The molecule has 0 radical (unpaired) electrons. The Kier molecular flexibility index (Phi) is 5.18. The van der Waals surface area contributed by atoms with Crippen LogP contribution in [0.1, 0.15) is 23.9 Å². The zero-order valence-electron chi connectivity index (χ0n) is 15.5. The van der Waals surface area contributed by atoms with Crippen LogP contribution in [-0.2, 0) is 14.6 Å². The van der Waals surface area contributed by atoms with Crippen molar-refractivity contribution in [3.63, 3.8) is 0 Å². The highest BCUT2D eigenvalue weighted by Gasteiger charge is 2.30. The number of aromatic nitrogens is 1. The summed E-state index contributed by atoms with van der Waals surface area (Å²) in [5, 5.41) is 3.80. The number of thiazole rings is 1. The standard InChI is InChI=1S/C20H21N3O3S2/c1-28(25,26)18-11-5-3-8-15(18)21-19(24)13-23-12-6-9-16(23)20-22-14-7-2-4-10-17(14)27-20/h2-5,7-8,10-11,16H,6,9,12-13H2,1H3,(H,21,24)/t16-/m1/s1. The van der Waals surface area contributed by atoms with E-state index in [9.17, 15) is 13.2 Å². The first kappa shape index (κ1) is 19.0. The lowest BCUT2D eigenvalue weighted by molar-refractivity contribution is -0.117. The molecule has 1 fully saturated rings. The molecule has 0 unspecified atom stereocenters. The number of hydrogen-bond acceptors (Lipinski definition) is 6. The lowest BCUT2D eigenvalue weighted by Gasteiger charge is -2.22. The van der Waals surface area contributed by atoms with Gasteiger partial charge in [0.05, 0.1) is 33.4 Å². The SMILES string of the molecule is CS(=O)(=O)c1ccccc1NC(=O)CN1CCC[C@@H]1c1nc2ccccc2s1. The highest BCUT2D eigenvalue weighted by Crippen LogP contribution is 2.36. The molecule has 0 aliphatic carbocycles. The van der Waals surface area contributed by atoms with Gasteiger partial charge >= 0.3 is 0 Å². The van der Waals surface area contributed by atoms with E-state index in [1.807, 2.05) is 18.2 Å². The fraction of sp³-hybridized carbons (Fsp3) is 0.300. The summed E-state index contributed by atoms with van der Waals surface area (Å²) in [6.45, 7) is 1.03. The zero-order chi connectivity index (χ0) is 19.7. The second-order valence-corrected chi connectivity index (χ2v) is 10.0. The fourth-order valence-corrected chi connectivity index (χ4v) is 5.58. The predicted octanol–water partition coefficient (Wildman–Crippen LogP) is 3.48. The second kappa shape index (κ2) is 7.62. The fourth-order valence-electron chi connectivity index (χ4n) is 3.60. The van der Waals surface area contributed by atoms with Gasteiger partial charge in [-0.25, -0.2) is 13.4 Å². The smallest absolute Gasteiger partial charge is 0.238 e. The van der Waals surface area contributed by atoms with Crippen LogP contribution in [0.2, 0.25) is 0 Å². The first-order valence-corrected chi connectivity index (χ1v) is 11.8. The maximum Gasteiger partial charge on any atom is 0.238 e. The van der Waals surface area contributed by atoms with Crippen LogP contribution >= 0.6 is 11.3 Å². The number of para-hydroxylation sites is 2. The summed E-state index contributed by atoms with van der Waals surface area (Å²) in [7, 11) is -3.41. The number of sulfone groups is 1. The van der Waals surface area contributed by atoms with Crippen molar-refractivity contribution in [2.75, 3.05) is 24.7 Å². The summed E-state index contributed by atoms with van der Waals surface area (Å²) < 4.78 is 25.0. The maximum atomic E-state index is 12.6. The van der Waals surface area contributed by atoms with Gasteiger partial charge in [0.2, 0.25) is 5.91 Å². The molecule has 8 heteroatoms. The largest absolute Gasteiger partial charge is 0.324 e. The lowest BCUT2D eigenvalue weighted by Crippen LogP contribution is -2.33. The van der Waals surface area contributed by atoms with Gasteiger partial charge in [-0.3, -0.25) is 9.69 Å².